The van der Waals surface area contributed by atoms with Crippen molar-refractivity contribution in [1.82, 2.24) is 0 Å². The fourth-order valence-corrected chi connectivity index (χ4v) is 2.34. The van der Waals surface area contributed by atoms with Gasteiger partial charge in [0.25, 0.3) is 0 Å². The van der Waals surface area contributed by atoms with Gasteiger partial charge < -0.3 is 4.74 Å². The fraction of sp³-hybridized carbons (Fsp3) is 0.200. The van der Waals surface area contributed by atoms with E-state index < -0.39 is 9.84 Å². The van der Waals surface area contributed by atoms with E-state index in [1.165, 1.54) is 6.26 Å². The Labute approximate surface area is 113 Å². The molecule has 4 heteroatoms. The second kappa shape index (κ2) is 5.45. The van der Waals surface area contributed by atoms with Gasteiger partial charge in [-0.05, 0) is 36.2 Å². The Balaban J connectivity index is 2.07. The number of ether oxygens (including phenoxy) is 1. The predicted octanol–water partition coefficient (Wildman–Crippen LogP) is 2.98. The first-order chi connectivity index (χ1) is 8.97. The van der Waals surface area contributed by atoms with Crippen LogP contribution >= 0.6 is 0 Å². The zero-order valence-electron chi connectivity index (χ0n) is 11.0. The van der Waals surface area contributed by atoms with Gasteiger partial charge in [-0.3, -0.25) is 0 Å². The summed E-state index contributed by atoms with van der Waals surface area (Å²) in [7, 11) is -3.13. The first-order valence-electron chi connectivity index (χ1n) is 5.94. The lowest BCUT2D eigenvalue weighted by molar-refractivity contribution is 0.304. The molecule has 0 atom stereocenters. The summed E-state index contributed by atoms with van der Waals surface area (Å²) in [5, 5.41) is 0. The molecule has 0 aliphatic rings. The number of para-hydroxylation sites is 1. The average Bonchev–Trinajstić information content (AvgIpc) is 2.37. The van der Waals surface area contributed by atoms with E-state index in [1.807, 2.05) is 31.2 Å². The summed E-state index contributed by atoms with van der Waals surface area (Å²) in [5.74, 6) is 0.842. The van der Waals surface area contributed by atoms with E-state index in [1.54, 1.807) is 24.3 Å². The van der Waals surface area contributed by atoms with Crippen molar-refractivity contribution >= 4 is 9.84 Å². The minimum atomic E-state index is -3.13. The van der Waals surface area contributed by atoms with Gasteiger partial charge in [-0.25, -0.2) is 8.42 Å². The quantitative estimate of drug-likeness (QED) is 0.862. The number of sulfone groups is 1. The van der Waals surface area contributed by atoms with Gasteiger partial charge in [0.15, 0.2) is 9.84 Å². The lowest BCUT2D eigenvalue weighted by Gasteiger charge is -2.09. The molecule has 2 aromatic carbocycles. The van der Waals surface area contributed by atoms with Crippen LogP contribution in [-0.4, -0.2) is 14.7 Å². The molecule has 0 radical (unpaired) electrons. The SMILES string of the molecule is Cc1ccccc1OCc1ccc(S(C)(=O)=O)cc1. The zero-order chi connectivity index (χ0) is 13.9. The fourth-order valence-electron chi connectivity index (χ4n) is 1.71. The Morgan fingerprint density at radius 1 is 1.00 bits per heavy atom. The van der Waals surface area contributed by atoms with E-state index in [9.17, 15) is 8.42 Å². The van der Waals surface area contributed by atoms with Crippen LogP contribution in [0.25, 0.3) is 0 Å². The molecule has 0 heterocycles. The van der Waals surface area contributed by atoms with Crippen LogP contribution in [0.3, 0.4) is 0 Å². The van der Waals surface area contributed by atoms with Crippen molar-refractivity contribution in [3.05, 3.63) is 59.7 Å². The molecule has 0 bridgehead atoms. The normalized spacial score (nSPS) is 11.3. The number of rotatable bonds is 4. The summed E-state index contributed by atoms with van der Waals surface area (Å²) in [6.07, 6.45) is 1.20. The van der Waals surface area contributed by atoms with Crippen LogP contribution in [0.4, 0.5) is 0 Å². The maximum absolute atomic E-state index is 11.3. The Morgan fingerprint density at radius 2 is 1.63 bits per heavy atom. The molecule has 2 rings (SSSR count). The van der Waals surface area contributed by atoms with Gasteiger partial charge in [0.2, 0.25) is 0 Å². The Morgan fingerprint density at radius 3 is 2.21 bits per heavy atom. The topological polar surface area (TPSA) is 43.4 Å². The molecule has 2 aromatic rings. The summed E-state index contributed by atoms with van der Waals surface area (Å²) in [6.45, 7) is 2.41. The third kappa shape index (κ3) is 3.58. The molecule has 0 spiro atoms. The molecule has 0 saturated heterocycles. The molecule has 0 aromatic heterocycles. The number of hydrogen-bond donors (Lipinski definition) is 0. The van der Waals surface area contributed by atoms with Gasteiger partial charge in [-0.15, -0.1) is 0 Å². The highest BCUT2D eigenvalue weighted by molar-refractivity contribution is 7.90. The van der Waals surface area contributed by atoms with Gasteiger partial charge in [0, 0.05) is 6.26 Å². The van der Waals surface area contributed by atoms with Crippen molar-refractivity contribution in [1.29, 1.82) is 0 Å². The molecule has 0 aliphatic heterocycles. The number of benzene rings is 2. The Bertz CT molecular complexity index is 658. The van der Waals surface area contributed by atoms with Gasteiger partial charge in [0.05, 0.1) is 4.90 Å². The van der Waals surface area contributed by atoms with Crippen molar-refractivity contribution < 1.29 is 13.2 Å². The van der Waals surface area contributed by atoms with E-state index in [0.717, 1.165) is 16.9 Å². The summed E-state index contributed by atoms with van der Waals surface area (Å²) in [4.78, 5) is 0.326. The lowest BCUT2D eigenvalue weighted by Crippen LogP contribution is -1.99. The van der Waals surface area contributed by atoms with Crippen molar-refractivity contribution in [2.75, 3.05) is 6.26 Å². The third-order valence-corrected chi connectivity index (χ3v) is 3.97. The second-order valence-electron chi connectivity index (χ2n) is 4.47. The summed E-state index contributed by atoms with van der Waals surface area (Å²) < 4.78 is 28.4. The van der Waals surface area contributed by atoms with Gasteiger partial charge in [0.1, 0.15) is 12.4 Å². The predicted molar refractivity (Wildman–Crippen MR) is 75.1 cm³/mol. The van der Waals surface area contributed by atoms with E-state index in [0.29, 0.717) is 11.5 Å². The summed E-state index contributed by atoms with van der Waals surface area (Å²) in [5.41, 5.74) is 2.02. The van der Waals surface area contributed by atoms with Crippen LogP contribution in [-0.2, 0) is 16.4 Å². The molecular weight excluding hydrogens is 260 g/mol. The molecule has 19 heavy (non-hydrogen) atoms. The van der Waals surface area contributed by atoms with Gasteiger partial charge in [-0.2, -0.15) is 0 Å². The molecule has 0 saturated carbocycles. The largest absolute Gasteiger partial charge is 0.489 e. The van der Waals surface area contributed by atoms with E-state index >= 15 is 0 Å². The molecular formula is C15H16O3S. The van der Waals surface area contributed by atoms with Crippen LogP contribution in [0.5, 0.6) is 5.75 Å². The molecule has 0 N–H and O–H groups in total. The summed E-state index contributed by atoms with van der Waals surface area (Å²) >= 11 is 0. The van der Waals surface area contributed by atoms with Crippen molar-refractivity contribution in [2.45, 2.75) is 18.4 Å². The third-order valence-electron chi connectivity index (χ3n) is 2.84. The van der Waals surface area contributed by atoms with Gasteiger partial charge in [-0.1, -0.05) is 30.3 Å². The van der Waals surface area contributed by atoms with Crippen LogP contribution < -0.4 is 4.74 Å². The highest BCUT2D eigenvalue weighted by atomic mass is 32.2. The Hall–Kier alpha value is -1.81. The first-order valence-corrected chi connectivity index (χ1v) is 7.83. The molecule has 100 valence electrons. The number of hydrogen-bond acceptors (Lipinski definition) is 3. The molecule has 0 unspecified atom stereocenters. The molecule has 0 amide bonds. The number of aryl methyl sites for hydroxylation is 1. The minimum Gasteiger partial charge on any atom is -0.489 e. The molecule has 3 nitrogen and oxygen atoms in total. The van der Waals surface area contributed by atoms with Crippen molar-refractivity contribution in [3.8, 4) is 5.75 Å². The molecule has 0 fully saturated rings. The highest BCUT2D eigenvalue weighted by Crippen LogP contribution is 2.18. The van der Waals surface area contributed by atoms with E-state index in [-0.39, 0.29) is 0 Å². The minimum absolute atomic E-state index is 0.326. The molecule has 0 aliphatic carbocycles. The Kier molecular flexibility index (Phi) is 3.90. The maximum Gasteiger partial charge on any atom is 0.175 e. The van der Waals surface area contributed by atoms with Crippen LogP contribution in [0.1, 0.15) is 11.1 Å². The van der Waals surface area contributed by atoms with Crippen LogP contribution in [0.2, 0.25) is 0 Å². The second-order valence-corrected chi connectivity index (χ2v) is 6.49. The van der Waals surface area contributed by atoms with E-state index in [4.69, 9.17) is 4.74 Å². The van der Waals surface area contributed by atoms with Crippen LogP contribution in [0.15, 0.2) is 53.4 Å². The van der Waals surface area contributed by atoms with Crippen molar-refractivity contribution in [2.24, 2.45) is 0 Å². The van der Waals surface area contributed by atoms with Gasteiger partial charge >= 0.3 is 0 Å². The first kappa shape index (κ1) is 13.6. The monoisotopic (exact) mass is 276 g/mol. The van der Waals surface area contributed by atoms with Crippen molar-refractivity contribution in [3.63, 3.8) is 0 Å². The van der Waals surface area contributed by atoms with Crippen LogP contribution in [0, 0.1) is 6.92 Å². The highest BCUT2D eigenvalue weighted by Gasteiger charge is 2.06. The zero-order valence-corrected chi connectivity index (χ0v) is 11.8. The van der Waals surface area contributed by atoms with E-state index in [2.05, 4.69) is 0 Å². The lowest BCUT2D eigenvalue weighted by atomic mass is 10.2. The maximum atomic E-state index is 11.3. The summed E-state index contributed by atoms with van der Waals surface area (Å²) in [6, 6.07) is 14.5. The standard InChI is InChI=1S/C15H16O3S/c1-12-5-3-4-6-15(12)18-11-13-7-9-14(10-8-13)19(2,16)17/h3-10H,11H2,1-2H3. The average molecular weight is 276 g/mol. The smallest absolute Gasteiger partial charge is 0.175 e.